The fourth-order valence-electron chi connectivity index (χ4n) is 3.02. The number of nitrogens with zero attached hydrogens (tertiary/aromatic N) is 1. The maximum absolute atomic E-state index is 5.93. The first-order chi connectivity index (χ1) is 11.1. The largest absolute Gasteiger partial charge is 0.497 e. The monoisotopic (exact) mass is 315 g/mol. The highest BCUT2D eigenvalue weighted by Gasteiger charge is 2.22. The summed E-state index contributed by atoms with van der Waals surface area (Å²) in [4.78, 5) is 2.41. The Morgan fingerprint density at radius 2 is 2.00 bits per heavy atom. The minimum atomic E-state index is 0.231. The van der Waals surface area contributed by atoms with Crippen molar-refractivity contribution in [2.24, 2.45) is 0 Å². The number of ether oxygens (including phenoxy) is 2. The molecule has 1 aliphatic heterocycles. The van der Waals surface area contributed by atoms with Crippen molar-refractivity contribution >= 4 is 0 Å². The quantitative estimate of drug-likeness (QED) is 0.847. The molecule has 0 amide bonds. The predicted molar refractivity (Wildman–Crippen MR) is 89.9 cm³/mol. The molecule has 0 spiro atoms. The first-order valence-corrected chi connectivity index (χ1v) is 8.17. The highest BCUT2D eigenvalue weighted by molar-refractivity contribution is 5.27. The SMILES string of the molecule is COc1ccc(CC2CN(Cc3cc(C)c(C)o3)CCO2)cc1. The summed E-state index contributed by atoms with van der Waals surface area (Å²) in [6, 6.07) is 10.4. The summed E-state index contributed by atoms with van der Waals surface area (Å²) in [6.07, 6.45) is 1.16. The van der Waals surface area contributed by atoms with E-state index in [1.54, 1.807) is 7.11 Å². The zero-order chi connectivity index (χ0) is 16.2. The van der Waals surface area contributed by atoms with Crippen LogP contribution in [0.1, 0.15) is 22.6 Å². The number of methoxy groups -OCH3 is 1. The molecule has 0 saturated carbocycles. The lowest BCUT2D eigenvalue weighted by Crippen LogP contribution is -2.42. The van der Waals surface area contributed by atoms with Crippen LogP contribution < -0.4 is 4.74 Å². The molecule has 1 saturated heterocycles. The van der Waals surface area contributed by atoms with Gasteiger partial charge in [0.25, 0.3) is 0 Å². The van der Waals surface area contributed by atoms with Gasteiger partial charge in [-0.25, -0.2) is 0 Å². The third-order valence-electron chi connectivity index (χ3n) is 4.44. The van der Waals surface area contributed by atoms with Crippen LogP contribution in [0.4, 0.5) is 0 Å². The number of hydrogen-bond donors (Lipinski definition) is 0. The summed E-state index contributed by atoms with van der Waals surface area (Å²) >= 11 is 0. The molecule has 1 aromatic heterocycles. The second-order valence-corrected chi connectivity index (χ2v) is 6.23. The highest BCUT2D eigenvalue weighted by atomic mass is 16.5. The van der Waals surface area contributed by atoms with E-state index in [4.69, 9.17) is 13.9 Å². The number of rotatable bonds is 5. The smallest absolute Gasteiger partial charge is 0.118 e. The van der Waals surface area contributed by atoms with Crippen molar-refractivity contribution in [2.75, 3.05) is 26.8 Å². The lowest BCUT2D eigenvalue weighted by atomic mass is 10.1. The molecule has 1 aromatic carbocycles. The minimum absolute atomic E-state index is 0.231. The van der Waals surface area contributed by atoms with Crippen molar-refractivity contribution in [1.82, 2.24) is 4.90 Å². The first-order valence-electron chi connectivity index (χ1n) is 8.17. The molecule has 3 rings (SSSR count). The van der Waals surface area contributed by atoms with Crippen LogP contribution in [0.25, 0.3) is 0 Å². The van der Waals surface area contributed by atoms with Gasteiger partial charge in [-0.2, -0.15) is 0 Å². The van der Waals surface area contributed by atoms with Gasteiger partial charge in [-0.3, -0.25) is 4.90 Å². The summed E-state index contributed by atoms with van der Waals surface area (Å²) in [5, 5.41) is 0. The van der Waals surface area contributed by atoms with E-state index in [0.717, 1.165) is 49.9 Å². The average Bonchev–Trinajstić information content (AvgIpc) is 2.86. The van der Waals surface area contributed by atoms with Crippen molar-refractivity contribution in [3.8, 4) is 5.75 Å². The van der Waals surface area contributed by atoms with Gasteiger partial charge in [-0.1, -0.05) is 12.1 Å². The maximum atomic E-state index is 5.93. The van der Waals surface area contributed by atoms with Gasteiger partial charge in [0.05, 0.1) is 26.4 Å². The van der Waals surface area contributed by atoms with Crippen LogP contribution in [0.15, 0.2) is 34.7 Å². The molecule has 1 aliphatic rings. The van der Waals surface area contributed by atoms with Gasteiger partial charge in [-0.05, 0) is 49.6 Å². The Labute approximate surface area is 138 Å². The predicted octanol–water partition coefficient (Wildman–Crippen LogP) is 3.35. The molecular formula is C19H25NO3. The lowest BCUT2D eigenvalue weighted by Gasteiger charge is -2.32. The van der Waals surface area contributed by atoms with E-state index in [1.165, 1.54) is 11.1 Å². The van der Waals surface area contributed by atoms with Crippen LogP contribution in [0.2, 0.25) is 0 Å². The summed E-state index contributed by atoms with van der Waals surface area (Å²) in [5.74, 6) is 2.96. The Morgan fingerprint density at radius 3 is 2.65 bits per heavy atom. The Bertz CT molecular complexity index is 613. The van der Waals surface area contributed by atoms with Crippen LogP contribution in [-0.2, 0) is 17.7 Å². The van der Waals surface area contributed by atoms with Crippen LogP contribution in [0.5, 0.6) is 5.75 Å². The van der Waals surface area contributed by atoms with Crippen molar-refractivity contribution in [3.05, 3.63) is 53.0 Å². The summed E-state index contributed by atoms with van der Waals surface area (Å²) in [7, 11) is 1.69. The van der Waals surface area contributed by atoms with Crippen molar-refractivity contribution in [2.45, 2.75) is 32.9 Å². The third kappa shape index (κ3) is 4.15. The molecule has 4 heteroatoms. The van der Waals surface area contributed by atoms with Gasteiger partial charge in [0.1, 0.15) is 17.3 Å². The maximum Gasteiger partial charge on any atom is 0.118 e. The number of aryl methyl sites for hydroxylation is 2. The highest BCUT2D eigenvalue weighted by Crippen LogP contribution is 2.19. The molecule has 2 heterocycles. The van der Waals surface area contributed by atoms with Crippen molar-refractivity contribution < 1.29 is 13.9 Å². The molecule has 1 fully saturated rings. The Balaban J connectivity index is 1.56. The second kappa shape index (κ2) is 7.20. The third-order valence-corrected chi connectivity index (χ3v) is 4.44. The average molecular weight is 315 g/mol. The van der Waals surface area contributed by atoms with Gasteiger partial charge in [0.2, 0.25) is 0 Å². The van der Waals surface area contributed by atoms with Crippen LogP contribution >= 0.6 is 0 Å². The van der Waals surface area contributed by atoms with Gasteiger partial charge >= 0.3 is 0 Å². The van der Waals surface area contributed by atoms with E-state index in [2.05, 4.69) is 30.0 Å². The number of morpholine rings is 1. The number of hydrogen-bond acceptors (Lipinski definition) is 4. The summed E-state index contributed by atoms with van der Waals surface area (Å²) in [6.45, 7) is 7.64. The minimum Gasteiger partial charge on any atom is -0.497 e. The van der Waals surface area contributed by atoms with E-state index in [1.807, 2.05) is 19.1 Å². The van der Waals surface area contributed by atoms with E-state index in [0.29, 0.717) is 0 Å². The lowest BCUT2D eigenvalue weighted by molar-refractivity contribution is -0.0323. The fourth-order valence-corrected chi connectivity index (χ4v) is 3.02. The molecule has 0 N–H and O–H groups in total. The van der Waals surface area contributed by atoms with Crippen LogP contribution in [-0.4, -0.2) is 37.8 Å². The molecule has 0 radical (unpaired) electrons. The Hall–Kier alpha value is -1.78. The zero-order valence-corrected chi connectivity index (χ0v) is 14.2. The molecule has 124 valence electrons. The molecule has 23 heavy (non-hydrogen) atoms. The second-order valence-electron chi connectivity index (χ2n) is 6.23. The van der Waals surface area contributed by atoms with Gasteiger partial charge in [-0.15, -0.1) is 0 Å². The normalized spacial score (nSPS) is 19.0. The van der Waals surface area contributed by atoms with Crippen LogP contribution in [0, 0.1) is 13.8 Å². The summed E-state index contributed by atoms with van der Waals surface area (Å²) < 4.78 is 16.9. The number of benzene rings is 1. The number of furan rings is 1. The summed E-state index contributed by atoms with van der Waals surface area (Å²) in [5.41, 5.74) is 2.50. The van der Waals surface area contributed by atoms with Gasteiger partial charge in [0.15, 0.2) is 0 Å². The Morgan fingerprint density at radius 1 is 1.22 bits per heavy atom. The van der Waals surface area contributed by atoms with Crippen LogP contribution in [0.3, 0.4) is 0 Å². The zero-order valence-electron chi connectivity index (χ0n) is 14.2. The molecule has 2 aromatic rings. The topological polar surface area (TPSA) is 34.8 Å². The van der Waals surface area contributed by atoms with E-state index in [-0.39, 0.29) is 6.10 Å². The molecule has 1 unspecified atom stereocenters. The van der Waals surface area contributed by atoms with E-state index in [9.17, 15) is 0 Å². The standard InChI is InChI=1S/C19H25NO3/c1-14-10-19(23-15(14)2)13-20-8-9-22-18(12-20)11-16-4-6-17(21-3)7-5-16/h4-7,10,18H,8-9,11-13H2,1-3H3. The fraction of sp³-hybridized carbons (Fsp3) is 0.474. The molecule has 4 nitrogen and oxygen atoms in total. The first kappa shape index (κ1) is 16.1. The van der Waals surface area contributed by atoms with E-state index < -0.39 is 0 Å². The molecule has 0 aliphatic carbocycles. The molecule has 0 bridgehead atoms. The van der Waals surface area contributed by atoms with Crippen molar-refractivity contribution in [3.63, 3.8) is 0 Å². The molecular weight excluding hydrogens is 290 g/mol. The van der Waals surface area contributed by atoms with Crippen molar-refractivity contribution in [1.29, 1.82) is 0 Å². The van der Waals surface area contributed by atoms with Gasteiger partial charge < -0.3 is 13.9 Å². The van der Waals surface area contributed by atoms with Gasteiger partial charge in [0, 0.05) is 13.1 Å². The Kier molecular flexibility index (Phi) is 5.03. The van der Waals surface area contributed by atoms with E-state index >= 15 is 0 Å². The molecule has 1 atom stereocenters.